The van der Waals surface area contributed by atoms with Crippen LogP contribution >= 0.6 is 0 Å². The molecule has 1 amide bonds. The maximum absolute atomic E-state index is 11.4. The van der Waals surface area contributed by atoms with E-state index in [9.17, 15) is 4.79 Å². The van der Waals surface area contributed by atoms with Crippen molar-refractivity contribution in [1.29, 1.82) is 0 Å². The van der Waals surface area contributed by atoms with Gasteiger partial charge in [0.1, 0.15) is 0 Å². The number of aliphatic hydroxyl groups excluding tert-OH is 1. The van der Waals surface area contributed by atoms with Crippen molar-refractivity contribution in [1.82, 2.24) is 4.90 Å². The molecule has 0 bridgehead atoms. The number of hydrogen-bond donors (Lipinski definition) is 1. The van der Waals surface area contributed by atoms with Crippen LogP contribution in [0.25, 0.3) is 0 Å². The lowest BCUT2D eigenvalue weighted by molar-refractivity contribution is -0.142. The average molecular weight is 171 g/mol. The second kappa shape index (κ2) is 3.90. The number of nitrogens with zero attached hydrogens (tertiary/aromatic N) is 1. The highest BCUT2D eigenvalue weighted by Crippen LogP contribution is 2.14. The van der Waals surface area contributed by atoms with Gasteiger partial charge in [0.05, 0.1) is 6.10 Å². The molecular weight excluding hydrogens is 154 g/mol. The Morgan fingerprint density at radius 1 is 1.67 bits per heavy atom. The van der Waals surface area contributed by atoms with Gasteiger partial charge in [0.15, 0.2) is 0 Å². The van der Waals surface area contributed by atoms with Gasteiger partial charge in [-0.15, -0.1) is 0 Å². The Balaban J connectivity index is 2.20. The molecule has 0 spiro atoms. The third-order valence-corrected chi connectivity index (χ3v) is 2.43. The van der Waals surface area contributed by atoms with Crippen molar-refractivity contribution in [3.8, 4) is 0 Å². The van der Waals surface area contributed by atoms with Gasteiger partial charge < -0.3 is 10.0 Å². The summed E-state index contributed by atoms with van der Waals surface area (Å²) in [6.45, 7) is 5.24. The topological polar surface area (TPSA) is 40.5 Å². The van der Waals surface area contributed by atoms with Gasteiger partial charge in [-0.25, -0.2) is 0 Å². The summed E-state index contributed by atoms with van der Waals surface area (Å²) in [6.07, 6.45) is 1.40. The monoisotopic (exact) mass is 171 g/mol. The standard InChI is InChI=1S/C9H17NO2/c1-3-7(2)4-9(12)10-5-8(11)6-10/h7-8,11H,3-6H2,1-2H3/t7-/m1/s1. The first-order valence-electron chi connectivity index (χ1n) is 4.59. The lowest BCUT2D eigenvalue weighted by Gasteiger charge is -2.36. The molecular formula is C9H17NO2. The number of rotatable bonds is 3. The zero-order valence-electron chi connectivity index (χ0n) is 7.79. The molecule has 0 aromatic rings. The van der Waals surface area contributed by atoms with E-state index in [1.807, 2.05) is 0 Å². The molecule has 0 unspecified atom stereocenters. The predicted molar refractivity (Wildman–Crippen MR) is 46.7 cm³/mol. The first kappa shape index (κ1) is 9.52. The molecule has 0 radical (unpaired) electrons. The molecule has 0 aromatic carbocycles. The van der Waals surface area contributed by atoms with Crippen molar-refractivity contribution in [2.45, 2.75) is 32.8 Å². The van der Waals surface area contributed by atoms with Crippen molar-refractivity contribution in [2.24, 2.45) is 5.92 Å². The van der Waals surface area contributed by atoms with Crippen LogP contribution in [0.3, 0.4) is 0 Å². The van der Waals surface area contributed by atoms with E-state index in [0.717, 1.165) is 6.42 Å². The first-order chi connectivity index (χ1) is 5.63. The third kappa shape index (κ3) is 2.21. The van der Waals surface area contributed by atoms with Crippen LogP contribution in [-0.4, -0.2) is 35.1 Å². The van der Waals surface area contributed by atoms with Crippen LogP contribution in [0.4, 0.5) is 0 Å². The van der Waals surface area contributed by atoms with Gasteiger partial charge in [-0.3, -0.25) is 4.79 Å². The molecule has 1 aliphatic rings. The van der Waals surface area contributed by atoms with Gasteiger partial charge in [0, 0.05) is 19.5 Å². The maximum atomic E-state index is 11.4. The zero-order chi connectivity index (χ0) is 9.14. The summed E-state index contributed by atoms with van der Waals surface area (Å²) in [5.41, 5.74) is 0. The maximum Gasteiger partial charge on any atom is 0.223 e. The quantitative estimate of drug-likeness (QED) is 0.676. The van der Waals surface area contributed by atoms with Gasteiger partial charge in [-0.2, -0.15) is 0 Å². The molecule has 12 heavy (non-hydrogen) atoms. The molecule has 1 rings (SSSR count). The zero-order valence-corrected chi connectivity index (χ0v) is 7.79. The van der Waals surface area contributed by atoms with Crippen LogP contribution in [0.1, 0.15) is 26.7 Å². The van der Waals surface area contributed by atoms with E-state index >= 15 is 0 Å². The highest BCUT2D eigenvalue weighted by molar-refractivity contribution is 5.77. The second-order valence-corrected chi connectivity index (χ2v) is 3.67. The Bertz CT molecular complexity index is 164. The predicted octanol–water partition coefficient (Wildman–Crippen LogP) is 0.626. The fourth-order valence-electron chi connectivity index (χ4n) is 1.23. The number of likely N-dealkylation sites (tertiary alicyclic amines) is 1. The lowest BCUT2D eigenvalue weighted by Crippen LogP contribution is -2.53. The van der Waals surface area contributed by atoms with E-state index in [2.05, 4.69) is 13.8 Å². The normalized spacial score (nSPS) is 20.4. The van der Waals surface area contributed by atoms with Crippen LogP contribution in [0, 0.1) is 5.92 Å². The van der Waals surface area contributed by atoms with Gasteiger partial charge in [0.25, 0.3) is 0 Å². The van der Waals surface area contributed by atoms with Gasteiger partial charge in [-0.05, 0) is 5.92 Å². The summed E-state index contributed by atoms with van der Waals surface area (Å²) < 4.78 is 0. The highest BCUT2D eigenvalue weighted by atomic mass is 16.3. The number of carbonyl (C=O) groups is 1. The molecule has 1 heterocycles. The summed E-state index contributed by atoms with van der Waals surface area (Å²) in [4.78, 5) is 13.1. The van der Waals surface area contributed by atoms with Crippen LogP contribution in [0.5, 0.6) is 0 Å². The van der Waals surface area contributed by atoms with Crippen molar-refractivity contribution < 1.29 is 9.90 Å². The lowest BCUT2D eigenvalue weighted by atomic mass is 10.0. The van der Waals surface area contributed by atoms with Gasteiger partial charge in [-0.1, -0.05) is 20.3 Å². The average Bonchev–Trinajstić information content (AvgIpc) is 1.98. The molecule has 0 aliphatic carbocycles. The Kier molecular flexibility index (Phi) is 3.09. The molecule has 0 aromatic heterocycles. The van der Waals surface area contributed by atoms with E-state index in [1.165, 1.54) is 0 Å². The SMILES string of the molecule is CC[C@@H](C)CC(=O)N1CC(O)C1. The Hall–Kier alpha value is -0.570. The fraction of sp³-hybridized carbons (Fsp3) is 0.889. The summed E-state index contributed by atoms with van der Waals surface area (Å²) in [7, 11) is 0. The Morgan fingerprint density at radius 2 is 2.25 bits per heavy atom. The van der Waals surface area contributed by atoms with E-state index < -0.39 is 0 Å². The Morgan fingerprint density at radius 3 is 2.67 bits per heavy atom. The van der Waals surface area contributed by atoms with E-state index in [0.29, 0.717) is 25.4 Å². The fourth-order valence-corrected chi connectivity index (χ4v) is 1.23. The number of aliphatic hydroxyl groups is 1. The van der Waals surface area contributed by atoms with E-state index in [-0.39, 0.29) is 12.0 Å². The molecule has 1 aliphatic heterocycles. The van der Waals surface area contributed by atoms with Crippen molar-refractivity contribution >= 4 is 5.91 Å². The number of hydrogen-bond acceptors (Lipinski definition) is 2. The van der Waals surface area contributed by atoms with Crippen molar-refractivity contribution in [2.75, 3.05) is 13.1 Å². The third-order valence-electron chi connectivity index (χ3n) is 2.43. The minimum atomic E-state index is -0.272. The smallest absolute Gasteiger partial charge is 0.223 e. The summed E-state index contributed by atoms with van der Waals surface area (Å²) >= 11 is 0. The van der Waals surface area contributed by atoms with Crippen molar-refractivity contribution in [3.05, 3.63) is 0 Å². The highest BCUT2D eigenvalue weighted by Gasteiger charge is 2.28. The van der Waals surface area contributed by atoms with Crippen LogP contribution in [0.15, 0.2) is 0 Å². The van der Waals surface area contributed by atoms with Gasteiger partial charge >= 0.3 is 0 Å². The minimum Gasteiger partial charge on any atom is -0.389 e. The number of amides is 1. The molecule has 70 valence electrons. The summed E-state index contributed by atoms with van der Waals surface area (Å²) in [6, 6.07) is 0. The van der Waals surface area contributed by atoms with Crippen LogP contribution in [-0.2, 0) is 4.79 Å². The summed E-state index contributed by atoms with van der Waals surface area (Å²) in [5.74, 6) is 0.657. The van der Waals surface area contributed by atoms with E-state index in [4.69, 9.17) is 5.11 Å². The second-order valence-electron chi connectivity index (χ2n) is 3.67. The summed E-state index contributed by atoms with van der Waals surface area (Å²) in [5, 5.41) is 8.96. The molecule has 1 N–H and O–H groups in total. The molecule has 0 saturated carbocycles. The Labute approximate surface area is 73.4 Å². The molecule has 1 fully saturated rings. The van der Waals surface area contributed by atoms with Crippen LogP contribution in [0.2, 0.25) is 0 Å². The van der Waals surface area contributed by atoms with E-state index in [1.54, 1.807) is 4.90 Å². The first-order valence-corrected chi connectivity index (χ1v) is 4.59. The van der Waals surface area contributed by atoms with Crippen LogP contribution < -0.4 is 0 Å². The molecule has 1 atom stereocenters. The number of carbonyl (C=O) groups excluding carboxylic acids is 1. The molecule has 1 saturated heterocycles. The molecule has 3 heteroatoms. The minimum absolute atomic E-state index is 0.189. The van der Waals surface area contributed by atoms with Gasteiger partial charge in [0.2, 0.25) is 5.91 Å². The molecule has 3 nitrogen and oxygen atoms in total. The van der Waals surface area contributed by atoms with Crippen molar-refractivity contribution in [3.63, 3.8) is 0 Å². The largest absolute Gasteiger partial charge is 0.389 e. The number of β-amino-alcohol motifs (C(OH)–C–C–N with tert-alkyl or cyclic N) is 1.